The summed E-state index contributed by atoms with van der Waals surface area (Å²) >= 11 is 0. The summed E-state index contributed by atoms with van der Waals surface area (Å²) in [6, 6.07) is 6.23. The highest BCUT2D eigenvalue weighted by Crippen LogP contribution is 2.13. The fourth-order valence-corrected chi connectivity index (χ4v) is 0.818. The average Bonchev–Trinajstić information content (AvgIpc) is 2.16. The molecule has 0 heterocycles. The second-order valence-corrected chi connectivity index (χ2v) is 2.34. The van der Waals surface area contributed by atoms with E-state index in [0.29, 0.717) is 5.56 Å². The lowest BCUT2D eigenvalue weighted by Gasteiger charge is -2.08. The molecule has 0 unspecified atom stereocenters. The Hall–Kier alpha value is -1.81. The summed E-state index contributed by atoms with van der Waals surface area (Å²) in [7, 11) is 0. The van der Waals surface area contributed by atoms with Gasteiger partial charge < -0.3 is 15.8 Å². The van der Waals surface area contributed by atoms with E-state index in [1.807, 2.05) is 0 Å². The van der Waals surface area contributed by atoms with Gasteiger partial charge in [-0.3, -0.25) is 4.79 Å². The van der Waals surface area contributed by atoms with E-state index >= 15 is 0 Å². The Bertz CT molecular complexity index is 333. The zero-order valence-corrected chi connectivity index (χ0v) is 6.69. The molecule has 1 aromatic rings. The molecule has 1 amide bonds. The molecule has 0 bridgehead atoms. The summed E-state index contributed by atoms with van der Waals surface area (Å²) in [4.78, 5) is 10.5. The smallest absolute Gasteiger partial charge is 0.233 e. The predicted molar refractivity (Wildman–Crippen MR) is 46.4 cm³/mol. The van der Waals surface area contributed by atoms with Crippen LogP contribution in [0.25, 0.3) is 6.08 Å². The van der Waals surface area contributed by atoms with Crippen molar-refractivity contribution in [2.75, 3.05) is 0 Å². The number of carbonyl (C=O) groups is 1. The van der Waals surface area contributed by atoms with Gasteiger partial charge in [-0.05, 0) is 5.56 Å². The van der Waals surface area contributed by atoms with Crippen molar-refractivity contribution >= 4 is 12.0 Å². The van der Waals surface area contributed by atoms with Crippen molar-refractivity contribution in [3.8, 4) is 5.75 Å². The van der Waals surface area contributed by atoms with Crippen molar-refractivity contribution in [2.24, 2.45) is 0 Å². The Kier molecular flexibility index (Phi) is 3.05. The molecule has 4 heteroatoms. The third-order valence-electron chi connectivity index (χ3n) is 1.43. The van der Waals surface area contributed by atoms with Gasteiger partial charge >= 0.3 is 0 Å². The van der Waals surface area contributed by atoms with Crippen LogP contribution in [0.3, 0.4) is 0 Å². The molecule has 0 aliphatic rings. The summed E-state index contributed by atoms with van der Waals surface area (Å²) in [5.41, 5.74) is 1.56. The molecule has 13 heavy (non-hydrogen) atoms. The molecular weight excluding hydrogens is 170 g/mol. The van der Waals surface area contributed by atoms with Crippen LogP contribution in [0, 0.1) is 5.21 Å². The number of rotatable bonds is 2. The van der Waals surface area contributed by atoms with Crippen LogP contribution < -0.4 is 10.6 Å². The van der Waals surface area contributed by atoms with E-state index in [-0.39, 0.29) is 5.75 Å². The van der Waals surface area contributed by atoms with Crippen molar-refractivity contribution in [1.82, 2.24) is 5.48 Å². The van der Waals surface area contributed by atoms with Crippen LogP contribution in [0.1, 0.15) is 5.56 Å². The number of para-hydroxylation sites is 1. The Morgan fingerprint density at radius 1 is 1.38 bits per heavy atom. The summed E-state index contributed by atoms with van der Waals surface area (Å²) in [6.07, 6.45) is 2.32. The minimum atomic E-state index is -0.775. The second-order valence-electron chi connectivity index (χ2n) is 2.34. The highest BCUT2D eigenvalue weighted by atomic mass is 16.5. The topological polar surface area (TPSA) is 75.2 Å². The Morgan fingerprint density at radius 2 is 2.08 bits per heavy atom. The fraction of sp³-hybridized carbons (Fsp3) is 0. The Morgan fingerprint density at radius 3 is 2.69 bits per heavy atom. The first-order valence-corrected chi connectivity index (χ1v) is 3.60. The van der Waals surface area contributed by atoms with Crippen LogP contribution in [0.15, 0.2) is 30.3 Å². The van der Waals surface area contributed by atoms with Crippen LogP contribution in [0.4, 0.5) is 0 Å². The van der Waals surface area contributed by atoms with Crippen molar-refractivity contribution in [3.05, 3.63) is 41.1 Å². The lowest BCUT2D eigenvalue weighted by Crippen LogP contribution is -2.11. The molecule has 1 aromatic carbocycles. The number of benzene rings is 1. The predicted octanol–water partition coefficient (Wildman–Crippen LogP) is 0.387. The standard InChI is InChI=1S/C9H8NO3/c11-8-4-2-1-3-7(8)5-6-9(12)10-13/h1-6H,(H2-,10,11,12,13)/q-1/p-1. The number of hydroxylamine groups is 1. The molecule has 0 aliphatic carbocycles. The second kappa shape index (κ2) is 4.27. The number of amides is 1. The minimum absolute atomic E-state index is 0.183. The summed E-state index contributed by atoms with van der Waals surface area (Å²) < 4.78 is 0. The van der Waals surface area contributed by atoms with Crippen molar-refractivity contribution in [1.29, 1.82) is 0 Å². The first-order chi connectivity index (χ1) is 6.24. The molecule has 0 aromatic heterocycles. The van der Waals surface area contributed by atoms with Crippen LogP contribution >= 0.6 is 0 Å². The van der Waals surface area contributed by atoms with Gasteiger partial charge in [0.2, 0.25) is 5.91 Å². The molecular formula is C9H7NO3-2. The average molecular weight is 177 g/mol. The summed E-state index contributed by atoms with van der Waals surface area (Å²) in [5.74, 6) is -0.958. The number of nitrogens with one attached hydrogen (secondary N) is 1. The zero-order valence-electron chi connectivity index (χ0n) is 6.69. The van der Waals surface area contributed by atoms with E-state index in [1.54, 1.807) is 18.2 Å². The maximum atomic E-state index is 11.1. The lowest BCUT2D eigenvalue weighted by molar-refractivity contribution is -0.268. The highest BCUT2D eigenvalue weighted by Gasteiger charge is 1.88. The van der Waals surface area contributed by atoms with Crippen LogP contribution in [0.2, 0.25) is 0 Å². The fourth-order valence-electron chi connectivity index (χ4n) is 0.818. The van der Waals surface area contributed by atoms with Crippen molar-refractivity contribution in [3.63, 3.8) is 0 Å². The maximum Gasteiger partial charge on any atom is 0.233 e. The van der Waals surface area contributed by atoms with E-state index in [0.717, 1.165) is 6.08 Å². The normalized spacial score (nSPS) is 10.2. The van der Waals surface area contributed by atoms with E-state index < -0.39 is 5.91 Å². The quantitative estimate of drug-likeness (QED) is 0.524. The lowest BCUT2D eigenvalue weighted by atomic mass is 10.2. The van der Waals surface area contributed by atoms with Gasteiger partial charge in [-0.1, -0.05) is 30.3 Å². The third kappa shape index (κ3) is 2.61. The summed E-state index contributed by atoms with van der Waals surface area (Å²) in [6.45, 7) is 0. The molecule has 0 saturated heterocycles. The molecule has 1 rings (SSSR count). The minimum Gasteiger partial charge on any atom is -0.872 e. The maximum absolute atomic E-state index is 11.1. The molecule has 0 atom stereocenters. The first-order valence-electron chi connectivity index (χ1n) is 3.60. The Labute approximate surface area is 75.1 Å². The van der Waals surface area contributed by atoms with Crippen LogP contribution in [0.5, 0.6) is 5.75 Å². The molecule has 0 radical (unpaired) electrons. The molecule has 1 N–H and O–H groups in total. The van der Waals surface area contributed by atoms with E-state index in [4.69, 9.17) is 0 Å². The van der Waals surface area contributed by atoms with Gasteiger partial charge in [0.1, 0.15) is 0 Å². The van der Waals surface area contributed by atoms with Gasteiger partial charge in [-0.2, -0.15) is 0 Å². The van der Waals surface area contributed by atoms with Gasteiger partial charge in [-0.15, -0.1) is 5.75 Å². The molecule has 68 valence electrons. The first kappa shape index (κ1) is 9.28. The number of hydrogen-bond acceptors (Lipinski definition) is 3. The van der Waals surface area contributed by atoms with Gasteiger partial charge in [0.15, 0.2) is 0 Å². The third-order valence-corrected chi connectivity index (χ3v) is 1.43. The van der Waals surface area contributed by atoms with Crippen LogP contribution in [-0.4, -0.2) is 5.91 Å². The van der Waals surface area contributed by atoms with E-state index in [1.165, 1.54) is 17.6 Å². The molecule has 0 fully saturated rings. The zero-order chi connectivity index (χ0) is 9.68. The molecule has 0 spiro atoms. The monoisotopic (exact) mass is 177 g/mol. The summed E-state index contributed by atoms with van der Waals surface area (Å²) in [5, 5.41) is 20.9. The van der Waals surface area contributed by atoms with Crippen molar-refractivity contribution in [2.45, 2.75) is 0 Å². The van der Waals surface area contributed by atoms with Crippen LogP contribution in [-0.2, 0) is 4.79 Å². The molecule has 0 aliphatic heterocycles. The largest absolute Gasteiger partial charge is 0.872 e. The Balaban J connectivity index is 2.80. The van der Waals surface area contributed by atoms with Gasteiger partial charge in [-0.25, -0.2) is 0 Å². The van der Waals surface area contributed by atoms with Crippen molar-refractivity contribution < 1.29 is 9.90 Å². The number of carbonyl (C=O) groups excluding carboxylic acids is 1. The highest BCUT2D eigenvalue weighted by molar-refractivity contribution is 5.92. The molecule has 0 saturated carbocycles. The van der Waals surface area contributed by atoms with E-state index in [9.17, 15) is 15.1 Å². The van der Waals surface area contributed by atoms with Gasteiger partial charge in [0, 0.05) is 6.08 Å². The molecule has 4 nitrogen and oxygen atoms in total. The van der Waals surface area contributed by atoms with Gasteiger partial charge in [0.05, 0.1) is 0 Å². The number of hydrogen-bond donors (Lipinski definition) is 1. The van der Waals surface area contributed by atoms with E-state index in [2.05, 4.69) is 0 Å². The SMILES string of the molecule is O=C(/C=C/c1ccccc1[O-])N[O-]. The van der Waals surface area contributed by atoms with Gasteiger partial charge in [0.25, 0.3) is 0 Å².